The van der Waals surface area contributed by atoms with Gasteiger partial charge in [-0.1, -0.05) is 30.3 Å². The SMILES string of the molecule is NBC(=O)NC(Cc1ccccc1)C(N)=O. The first-order valence-electron chi connectivity index (χ1n) is 4.96. The molecular formula is C10H14BN3O2. The minimum atomic E-state index is -0.710. The lowest BCUT2D eigenvalue weighted by Gasteiger charge is -2.14. The Kier molecular flexibility index (Phi) is 4.53. The number of carbonyl (C=O) groups excluding carboxylic acids is 2. The molecule has 0 aliphatic rings. The van der Waals surface area contributed by atoms with Crippen molar-refractivity contribution in [1.29, 1.82) is 0 Å². The lowest BCUT2D eigenvalue weighted by molar-refractivity contribution is -0.119. The minimum Gasteiger partial charge on any atom is -0.368 e. The summed E-state index contributed by atoms with van der Waals surface area (Å²) in [6, 6.07) is 8.62. The molecule has 0 saturated heterocycles. The Labute approximate surface area is 94.5 Å². The molecule has 1 rings (SSSR count). The lowest BCUT2D eigenvalue weighted by Crippen LogP contribution is -2.48. The van der Waals surface area contributed by atoms with Crippen molar-refractivity contribution in [2.75, 3.05) is 0 Å². The summed E-state index contributed by atoms with van der Waals surface area (Å²) in [5.41, 5.74) is 11.3. The quantitative estimate of drug-likeness (QED) is 0.560. The molecule has 16 heavy (non-hydrogen) atoms. The Morgan fingerprint density at radius 2 is 1.94 bits per heavy atom. The van der Waals surface area contributed by atoms with Crippen LogP contribution in [0.4, 0.5) is 4.79 Å². The molecule has 0 heterocycles. The van der Waals surface area contributed by atoms with Gasteiger partial charge in [0.1, 0.15) is 6.04 Å². The first-order valence-corrected chi connectivity index (χ1v) is 4.96. The van der Waals surface area contributed by atoms with Gasteiger partial charge in [-0.25, -0.2) is 0 Å². The third kappa shape index (κ3) is 3.74. The van der Waals surface area contributed by atoms with Crippen LogP contribution in [0.3, 0.4) is 0 Å². The van der Waals surface area contributed by atoms with Gasteiger partial charge in [0.25, 0.3) is 0 Å². The van der Waals surface area contributed by atoms with Gasteiger partial charge in [-0.2, -0.15) is 0 Å². The van der Waals surface area contributed by atoms with Crippen LogP contribution in [-0.4, -0.2) is 25.2 Å². The van der Waals surface area contributed by atoms with E-state index in [-0.39, 0.29) is 13.2 Å². The van der Waals surface area contributed by atoms with Gasteiger partial charge >= 0.3 is 7.41 Å². The van der Waals surface area contributed by atoms with Crippen molar-refractivity contribution in [1.82, 2.24) is 5.32 Å². The van der Waals surface area contributed by atoms with Crippen LogP contribution in [-0.2, 0) is 11.2 Å². The van der Waals surface area contributed by atoms with Gasteiger partial charge in [0, 0.05) is 6.42 Å². The summed E-state index contributed by atoms with van der Waals surface area (Å²) in [4.78, 5) is 22.2. The van der Waals surface area contributed by atoms with E-state index in [9.17, 15) is 9.59 Å². The van der Waals surface area contributed by atoms with Crippen LogP contribution >= 0.6 is 0 Å². The van der Waals surface area contributed by atoms with Crippen molar-refractivity contribution in [3.8, 4) is 0 Å². The first-order chi connectivity index (χ1) is 7.63. The fourth-order valence-electron chi connectivity index (χ4n) is 1.33. The predicted octanol–water partition coefficient (Wildman–Crippen LogP) is -0.897. The van der Waals surface area contributed by atoms with Crippen molar-refractivity contribution in [3.63, 3.8) is 0 Å². The molecule has 0 saturated carbocycles. The van der Waals surface area contributed by atoms with Crippen molar-refractivity contribution in [2.24, 2.45) is 11.4 Å². The zero-order valence-corrected chi connectivity index (χ0v) is 8.85. The Balaban J connectivity index is 2.65. The predicted molar refractivity (Wildman–Crippen MR) is 63.0 cm³/mol. The highest BCUT2D eigenvalue weighted by atomic mass is 16.2. The average molecular weight is 219 g/mol. The Morgan fingerprint density at radius 1 is 1.31 bits per heavy atom. The van der Waals surface area contributed by atoms with Crippen LogP contribution in [0.15, 0.2) is 30.3 Å². The number of benzene rings is 1. The number of nitrogens with two attached hydrogens (primary N) is 2. The summed E-state index contributed by atoms with van der Waals surface area (Å²) in [5.74, 6) is -0.953. The normalized spacial score (nSPS) is 11.6. The summed E-state index contributed by atoms with van der Waals surface area (Å²) in [6.07, 6.45) is 0.377. The van der Waals surface area contributed by atoms with Gasteiger partial charge in [-0.3, -0.25) is 9.59 Å². The summed E-state index contributed by atoms with van der Waals surface area (Å²) in [6.45, 7) is 0. The van der Waals surface area contributed by atoms with Gasteiger partial charge in [0.05, 0.1) is 0 Å². The number of primary amides is 1. The van der Waals surface area contributed by atoms with Gasteiger partial charge in [0.2, 0.25) is 5.91 Å². The van der Waals surface area contributed by atoms with Crippen molar-refractivity contribution in [3.05, 3.63) is 35.9 Å². The molecule has 1 unspecified atom stereocenters. The Bertz CT molecular complexity index is 370. The lowest BCUT2D eigenvalue weighted by atomic mass is 9.94. The number of rotatable bonds is 5. The van der Waals surface area contributed by atoms with E-state index in [1.807, 2.05) is 30.3 Å². The number of carbonyl (C=O) groups is 2. The van der Waals surface area contributed by atoms with Crippen LogP contribution in [0.1, 0.15) is 5.56 Å². The topological polar surface area (TPSA) is 98.2 Å². The van der Waals surface area contributed by atoms with E-state index in [1.165, 1.54) is 0 Å². The molecule has 0 aliphatic heterocycles. The van der Waals surface area contributed by atoms with E-state index >= 15 is 0 Å². The number of hydrogen-bond acceptors (Lipinski definition) is 3. The molecule has 0 spiro atoms. The highest BCUT2D eigenvalue weighted by Crippen LogP contribution is 2.02. The fourth-order valence-corrected chi connectivity index (χ4v) is 1.33. The molecule has 0 aliphatic carbocycles. The van der Waals surface area contributed by atoms with Crippen LogP contribution in [0.5, 0.6) is 0 Å². The smallest absolute Gasteiger partial charge is 0.308 e. The maximum Gasteiger partial charge on any atom is 0.308 e. The molecule has 5 N–H and O–H groups in total. The molecule has 1 aromatic carbocycles. The standard InChI is InChI=1S/C10H14BN3O2/c12-9(15)8(14-10(16)11-13)6-7-4-2-1-3-5-7/h1-5,8,11H,6,13H2,(H2,12,15)(H,14,16). The molecule has 0 aromatic heterocycles. The van der Waals surface area contributed by atoms with Crippen LogP contribution in [0.2, 0.25) is 0 Å². The molecule has 0 radical (unpaired) electrons. The summed E-state index contributed by atoms with van der Waals surface area (Å²) < 4.78 is 0. The molecule has 84 valence electrons. The van der Waals surface area contributed by atoms with Gasteiger partial charge < -0.3 is 16.7 Å². The largest absolute Gasteiger partial charge is 0.368 e. The van der Waals surface area contributed by atoms with Gasteiger partial charge in [0.15, 0.2) is 5.81 Å². The third-order valence-corrected chi connectivity index (χ3v) is 2.15. The number of hydrogen-bond donors (Lipinski definition) is 3. The molecule has 1 aromatic rings. The zero-order chi connectivity index (χ0) is 12.0. The summed E-state index contributed by atoms with van der Waals surface area (Å²) in [5, 5.41) is 2.48. The zero-order valence-electron chi connectivity index (χ0n) is 8.85. The second-order valence-electron chi connectivity index (χ2n) is 3.42. The van der Waals surface area contributed by atoms with Gasteiger partial charge in [-0.15, -0.1) is 0 Å². The molecule has 5 nitrogen and oxygen atoms in total. The molecule has 0 fully saturated rings. The second-order valence-corrected chi connectivity index (χ2v) is 3.42. The molecule has 1 atom stereocenters. The third-order valence-electron chi connectivity index (χ3n) is 2.15. The van der Waals surface area contributed by atoms with Crippen LogP contribution in [0.25, 0.3) is 0 Å². The summed E-state index contributed by atoms with van der Waals surface area (Å²) >= 11 is 0. The highest BCUT2D eigenvalue weighted by Gasteiger charge is 2.17. The first kappa shape index (κ1) is 12.3. The molecular weight excluding hydrogens is 205 g/mol. The molecule has 2 amide bonds. The monoisotopic (exact) mass is 219 g/mol. The van der Waals surface area contributed by atoms with E-state index in [4.69, 9.17) is 11.4 Å². The van der Waals surface area contributed by atoms with Crippen molar-refractivity contribution >= 4 is 19.1 Å². The van der Waals surface area contributed by atoms with Crippen molar-refractivity contribution < 1.29 is 9.59 Å². The second kappa shape index (κ2) is 5.92. The minimum absolute atomic E-state index is 0.154. The van der Waals surface area contributed by atoms with E-state index in [1.54, 1.807) is 0 Å². The maximum absolute atomic E-state index is 11.1. The number of amides is 2. The van der Waals surface area contributed by atoms with Crippen LogP contribution in [0, 0.1) is 0 Å². The van der Waals surface area contributed by atoms with Gasteiger partial charge in [-0.05, 0) is 5.56 Å². The van der Waals surface area contributed by atoms with E-state index in [0.717, 1.165) is 5.56 Å². The maximum atomic E-state index is 11.1. The molecule has 6 heteroatoms. The Morgan fingerprint density at radius 3 is 2.44 bits per heavy atom. The van der Waals surface area contributed by atoms with E-state index in [2.05, 4.69) is 5.32 Å². The van der Waals surface area contributed by atoms with E-state index in [0.29, 0.717) is 6.42 Å². The van der Waals surface area contributed by atoms with Crippen LogP contribution < -0.4 is 16.7 Å². The summed E-state index contributed by atoms with van der Waals surface area (Å²) in [7, 11) is -0.154. The fraction of sp³-hybridized carbons (Fsp3) is 0.200. The van der Waals surface area contributed by atoms with Crippen molar-refractivity contribution in [2.45, 2.75) is 12.5 Å². The van der Waals surface area contributed by atoms with E-state index < -0.39 is 11.9 Å². The number of nitrogens with one attached hydrogen (secondary N) is 1. The molecule has 0 bridgehead atoms. The highest BCUT2D eigenvalue weighted by molar-refractivity contribution is 6.70. The average Bonchev–Trinajstić information content (AvgIpc) is 2.29. The Hall–Kier alpha value is -1.82.